The van der Waals surface area contributed by atoms with Crippen molar-refractivity contribution in [1.82, 2.24) is 0 Å². The van der Waals surface area contributed by atoms with Crippen molar-refractivity contribution < 1.29 is 4.57 Å². The zero-order chi connectivity index (χ0) is 16.5. The van der Waals surface area contributed by atoms with Crippen molar-refractivity contribution in [2.45, 2.75) is 13.8 Å². The number of pyridine rings is 1. The first-order valence-corrected chi connectivity index (χ1v) is 8.36. The topological polar surface area (TPSA) is 7.12 Å². The number of hydrogen-bond donors (Lipinski definition) is 0. The zero-order valence-electron chi connectivity index (χ0n) is 14.1. The molecule has 4 rings (SSSR count). The minimum absolute atomic E-state index is 0.919. The second kappa shape index (κ2) is 5.97. The van der Waals surface area contributed by atoms with Gasteiger partial charge in [0.25, 0.3) is 0 Å². The highest BCUT2D eigenvalue weighted by atomic mass is 15.1. The van der Waals surface area contributed by atoms with E-state index >= 15 is 0 Å². The Morgan fingerprint density at radius 1 is 0.917 bits per heavy atom. The molecule has 2 aromatic carbocycles. The van der Waals surface area contributed by atoms with Crippen LogP contribution in [-0.4, -0.2) is 6.54 Å². The summed E-state index contributed by atoms with van der Waals surface area (Å²) in [5.74, 6) is 0. The second-order valence-corrected chi connectivity index (χ2v) is 6.20. The van der Waals surface area contributed by atoms with Crippen LogP contribution in [0.2, 0.25) is 0 Å². The maximum absolute atomic E-state index is 2.30. The van der Waals surface area contributed by atoms with Gasteiger partial charge in [-0.25, -0.2) is 0 Å². The monoisotopic (exact) mass is 313 g/mol. The highest BCUT2D eigenvalue weighted by molar-refractivity contribution is 5.83. The highest BCUT2D eigenvalue weighted by Crippen LogP contribution is 2.26. The fraction of sp³-hybridized carbons (Fsp3) is 0.136. The Morgan fingerprint density at radius 3 is 2.62 bits per heavy atom. The number of anilines is 1. The van der Waals surface area contributed by atoms with E-state index in [1.807, 2.05) is 0 Å². The van der Waals surface area contributed by atoms with Gasteiger partial charge in [-0.05, 0) is 30.5 Å². The Labute approximate surface area is 143 Å². The molecule has 24 heavy (non-hydrogen) atoms. The van der Waals surface area contributed by atoms with Crippen LogP contribution in [0.15, 0.2) is 79.2 Å². The number of benzene rings is 2. The molecule has 2 nitrogen and oxygen atoms in total. The van der Waals surface area contributed by atoms with E-state index in [0.29, 0.717) is 0 Å². The standard InChI is InChI=1S/C22H21N2/c1-17-21(23-14-6-3-7-15-23)11-8-12-22(17)24-16-13-19-9-4-5-10-20(19)18(24)2/h3-14,16H,15H2,1-2H3/q+1. The molecule has 0 bridgehead atoms. The van der Waals surface area contributed by atoms with Crippen molar-refractivity contribution >= 4 is 16.5 Å². The summed E-state index contributed by atoms with van der Waals surface area (Å²) in [5.41, 5.74) is 5.05. The maximum atomic E-state index is 2.30. The van der Waals surface area contributed by atoms with Gasteiger partial charge in [0.2, 0.25) is 5.69 Å². The van der Waals surface area contributed by atoms with Crippen molar-refractivity contribution in [2.75, 3.05) is 11.4 Å². The minimum atomic E-state index is 0.919. The molecule has 0 N–H and O–H groups in total. The molecule has 118 valence electrons. The first-order chi connectivity index (χ1) is 11.8. The lowest BCUT2D eigenvalue weighted by Gasteiger charge is -2.22. The summed E-state index contributed by atoms with van der Waals surface area (Å²) in [6.07, 6.45) is 10.7. The predicted molar refractivity (Wildman–Crippen MR) is 101 cm³/mol. The molecule has 0 aliphatic carbocycles. The maximum Gasteiger partial charge on any atom is 0.215 e. The van der Waals surface area contributed by atoms with Crippen LogP contribution in [0.4, 0.5) is 5.69 Å². The van der Waals surface area contributed by atoms with E-state index in [1.54, 1.807) is 0 Å². The van der Waals surface area contributed by atoms with Gasteiger partial charge in [-0.2, -0.15) is 4.57 Å². The molecule has 0 saturated carbocycles. The SMILES string of the molecule is Cc1c(N2C=CC=CC2)cccc1-[n+]1ccc2ccccc2c1C. The number of aryl methyl sites for hydroxylation is 1. The molecule has 1 aliphatic heterocycles. The third-order valence-electron chi connectivity index (χ3n) is 4.78. The van der Waals surface area contributed by atoms with Crippen LogP contribution in [0.5, 0.6) is 0 Å². The average molecular weight is 313 g/mol. The van der Waals surface area contributed by atoms with Crippen LogP contribution in [0.1, 0.15) is 11.3 Å². The third-order valence-corrected chi connectivity index (χ3v) is 4.78. The third kappa shape index (κ3) is 2.41. The molecule has 3 aromatic rings. The summed E-state index contributed by atoms with van der Waals surface area (Å²) in [6, 6.07) is 17.3. The van der Waals surface area contributed by atoms with E-state index in [1.165, 1.54) is 33.4 Å². The van der Waals surface area contributed by atoms with Gasteiger partial charge >= 0.3 is 0 Å². The highest BCUT2D eigenvalue weighted by Gasteiger charge is 2.19. The van der Waals surface area contributed by atoms with Crippen molar-refractivity contribution in [3.8, 4) is 5.69 Å². The molecule has 1 aromatic heterocycles. The van der Waals surface area contributed by atoms with Crippen LogP contribution >= 0.6 is 0 Å². The smallest absolute Gasteiger partial charge is 0.215 e. The van der Waals surface area contributed by atoms with E-state index in [2.05, 4.69) is 102 Å². The van der Waals surface area contributed by atoms with E-state index in [0.717, 1.165) is 6.54 Å². The molecule has 0 saturated heterocycles. The van der Waals surface area contributed by atoms with E-state index < -0.39 is 0 Å². The fourth-order valence-corrected chi connectivity index (χ4v) is 3.46. The summed E-state index contributed by atoms with van der Waals surface area (Å²) >= 11 is 0. The van der Waals surface area contributed by atoms with Gasteiger partial charge in [-0.3, -0.25) is 0 Å². The lowest BCUT2D eigenvalue weighted by molar-refractivity contribution is -0.601. The Morgan fingerprint density at radius 2 is 1.79 bits per heavy atom. The quantitative estimate of drug-likeness (QED) is 0.626. The van der Waals surface area contributed by atoms with Crippen molar-refractivity contribution in [3.63, 3.8) is 0 Å². The van der Waals surface area contributed by atoms with Crippen LogP contribution in [0, 0.1) is 13.8 Å². The number of aromatic nitrogens is 1. The van der Waals surface area contributed by atoms with E-state index in [-0.39, 0.29) is 0 Å². The van der Waals surface area contributed by atoms with Crippen LogP contribution in [-0.2, 0) is 0 Å². The van der Waals surface area contributed by atoms with Gasteiger partial charge < -0.3 is 4.90 Å². The normalized spacial score (nSPS) is 13.7. The summed E-state index contributed by atoms with van der Waals surface area (Å²) in [4.78, 5) is 2.29. The van der Waals surface area contributed by atoms with Gasteiger partial charge in [0, 0.05) is 42.8 Å². The Bertz CT molecular complexity index is 967. The summed E-state index contributed by atoms with van der Waals surface area (Å²) in [6.45, 7) is 5.32. The number of nitrogens with zero attached hydrogens (tertiary/aromatic N) is 2. The van der Waals surface area contributed by atoms with Crippen LogP contribution in [0.25, 0.3) is 16.5 Å². The number of allylic oxidation sites excluding steroid dienone is 2. The predicted octanol–water partition coefficient (Wildman–Crippen LogP) is 4.62. The number of fused-ring (bicyclic) bond motifs is 1. The molecule has 2 heterocycles. The first-order valence-electron chi connectivity index (χ1n) is 8.36. The first kappa shape index (κ1) is 14.7. The van der Waals surface area contributed by atoms with Crippen molar-refractivity contribution in [3.05, 3.63) is 90.4 Å². The molecular formula is C22H21N2+. The van der Waals surface area contributed by atoms with E-state index in [4.69, 9.17) is 0 Å². The molecule has 0 amide bonds. The van der Waals surface area contributed by atoms with Gasteiger partial charge in [-0.1, -0.05) is 36.4 Å². The molecule has 0 unspecified atom stereocenters. The molecule has 0 atom stereocenters. The van der Waals surface area contributed by atoms with Gasteiger partial charge in [-0.15, -0.1) is 0 Å². The van der Waals surface area contributed by atoms with Gasteiger partial charge in [0.15, 0.2) is 11.9 Å². The lowest BCUT2D eigenvalue weighted by Crippen LogP contribution is -2.35. The zero-order valence-corrected chi connectivity index (χ0v) is 14.1. The molecule has 1 aliphatic rings. The number of rotatable bonds is 2. The molecule has 0 spiro atoms. The summed E-state index contributed by atoms with van der Waals surface area (Å²) in [7, 11) is 0. The summed E-state index contributed by atoms with van der Waals surface area (Å²) in [5, 5.41) is 2.58. The van der Waals surface area contributed by atoms with Crippen molar-refractivity contribution in [1.29, 1.82) is 0 Å². The fourth-order valence-electron chi connectivity index (χ4n) is 3.46. The van der Waals surface area contributed by atoms with Crippen LogP contribution in [0.3, 0.4) is 0 Å². The molecule has 0 fully saturated rings. The lowest BCUT2D eigenvalue weighted by atomic mass is 10.1. The van der Waals surface area contributed by atoms with Crippen molar-refractivity contribution in [2.24, 2.45) is 0 Å². The molecular weight excluding hydrogens is 292 g/mol. The Hall–Kier alpha value is -2.87. The average Bonchev–Trinajstić information content (AvgIpc) is 2.64. The van der Waals surface area contributed by atoms with E-state index in [9.17, 15) is 0 Å². The molecule has 2 heteroatoms. The van der Waals surface area contributed by atoms with Gasteiger partial charge in [0.05, 0.1) is 5.69 Å². The minimum Gasteiger partial charge on any atom is -0.344 e. The largest absolute Gasteiger partial charge is 0.344 e. The Balaban J connectivity index is 1.87. The molecule has 0 radical (unpaired) electrons. The van der Waals surface area contributed by atoms with Gasteiger partial charge in [0.1, 0.15) is 0 Å². The summed E-state index contributed by atoms with van der Waals surface area (Å²) < 4.78 is 2.30. The number of hydrogen-bond acceptors (Lipinski definition) is 1. The Kier molecular flexibility index (Phi) is 3.66. The second-order valence-electron chi connectivity index (χ2n) is 6.20. The van der Waals surface area contributed by atoms with Crippen LogP contribution < -0.4 is 9.47 Å².